The van der Waals surface area contributed by atoms with Crippen molar-refractivity contribution in [2.75, 3.05) is 10.6 Å². The molecular weight excluding hydrogens is 685 g/mol. The molecule has 0 spiro atoms. The van der Waals surface area contributed by atoms with Crippen molar-refractivity contribution in [1.82, 2.24) is 5.32 Å². The van der Waals surface area contributed by atoms with Crippen molar-refractivity contribution in [2.45, 2.75) is 56.1 Å². The Kier molecular flexibility index (Phi) is 11.7. The van der Waals surface area contributed by atoms with E-state index in [2.05, 4.69) is 42.8 Å². The van der Waals surface area contributed by atoms with Crippen LogP contribution in [-0.2, 0) is 22.4 Å². The average Bonchev–Trinajstić information content (AvgIpc) is 3.50. The molecule has 0 bridgehead atoms. The molecule has 2 atom stereocenters. The summed E-state index contributed by atoms with van der Waals surface area (Å²) in [6.45, 7) is 6.45. The Morgan fingerprint density at radius 2 is 1.60 bits per heavy atom. The molecule has 6 rings (SSSR count). The van der Waals surface area contributed by atoms with Gasteiger partial charge in [-0.2, -0.15) is 5.26 Å². The second kappa shape index (κ2) is 16.7. The van der Waals surface area contributed by atoms with Crippen molar-refractivity contribution in [3.8, 4) is 6.07 Å². The van der Waals surface area contributed by atoms with Crippen LogP contribution in [0.5, 0.6) is 0 Å². The molecule has 5 aromatic rings. The number of amides is 3. The van der Waals surface area contributed by atoms with E-state index in [4.69, 9.17) is 0 Å². The maximum Gasteiger partial charge on any atom is 0.272 e. The summed E-state index contributed by atoms with van der Waals surface area (Å²) in [6.07, 6.45) is 4.45. The first-order chi connectivity index (χ1) is 25.2. The topological polar surface area (TPSA) is 111 Å². The maximum atomic E-state index is 14.0. The fraction of sp³-hybridized carbons (Fsp3) is 0.209. The lowest BCUT2D eigenvalue weighted by molar-refractivity contribution is -0.116. The smallest absolute Gasteiger partial charge is 0.272 e. The average molecular weight is 725 g/mol. The van der Waals surface area contributed by atoms with Crippen LogP contribution in [0.1, 0.15) is 81.4 Å². The molecule has 1 heterocycles. The molecule has 0 saturated carbocycles. The molecule has 1 aliphatic carbocycles. The van der Waals surface area contributed by atoms with Gasteiger partial charge in [-0.1, -0.05) is 99.6 Å². The minimum atomic E-state index is -0.633. The zero-order chi connectivity index (χ0) is 36.6. The summed E-state index contributed by atoms with van der Waals surface area (Å²) >= 11 is 2.86. The second-order valence-corrected chi connectivity index (χ2v) is 15.5. The number of thioether (sulfide) groups is 1. The summed E-state index contributed by atoms with van der Waals surface area (Å²) in [6, 6.07) is 35.8. The highest BCUT2D eigenvalue weighted by atomic mass is 32.2. The van der Waals surface area contributed by atoms with Gasteiger partial charge in [-0.3, -0.25) is 14.4 Å². The predicted molar refractivity (Wildman–Crippen MR) is 211 cm³/mol. The number of rotatable bonds is 11. The Morgan fingerprint density at radius 1 is 0.885 bits per heavy atom. The van der Waals surface area contributed by atoms with E-state index >= 15 is 0 Å². The van der Waals surface area contributed by atoms with Crippen LogP contribution in [0.3, 0.4) is 0 Å². The Hall–Kier alpha value is -5.43. The number of anilines is 2. The molecule has 52 heavy (non-hydrogen) atoms. The molecule has 9 heteroatoms. The van der Waals surface area contributed by atoms with Crippen LogP contribution in [-0.4, -0.2) is 17.7 Å². The highest BCUT2D eigenvalue weighted by molar-refractivity contribution is 8.00. The van der Waals surface area contributed by atoms with Gasteiger partial charge in [0.1, 0.15) is 22.0 Å². The number of thiophene rings is 1. The van der Waals surface area contributed by atoms with Gasteiger partial charge in [0.05, 0.1) is 5.56 Å². The Morgan fingerprint density at radius 3 is 2.29 bits per heavy atom. The Bertz CT molecular complexity index is 2130. The van der Waals surface area contributed by atoms with Gasteiger partial charge in [0.25, 0.3) is 11.8 Å². The number of fused-ring (bicyclic) bond motifs is 1. The van der Waals surface area contributed by atoms with Crippen molar-refractivity contribution in [3.05, 3.63) is 153 Å². The number of carbonyl (C=O) groups is 3. The zero-order valence-electron chi connectivity index (χ0n) is 29.3. The van der Waals surface area contributed by atoms with E-state index in [9.17, 15) is 19.6 Å². The molecule has 1 aliphatic rings. The number of hydrogen-bond donors (Lipinski definition) is 3. The number of carbonyl (C=O) groups excluding carboxylic acids is 3. The molecule has 1 aromatic heterocycles. The normalized spacial score (nSPS) is 14.5. The van der Waals surface area contributed by atoms with E-state index in [0.29, 0.717) is 33.7 Å². The SMILES string of the molecule is CC1CCc2c(sc(NC(=O)C(Sc3cccc(NC(=O)/C(=C\c4ccc(C(C)C)cc4)NC(=O)c4ccccc4)c3)c3ccccc3)c2C#N)C1. The summed E-state index contributed by atoms with van der Waals surface area (Å²) in [5.74, 6) is -0.217. The maximum absolute atomic E-state index is 14.0. The summed E-state index contributed by atoms with van der Waals surface area (Å²) < 4.78 is 0. The van der Waals surface area contributed by atoms with Crippen LogP contribution in [0.15, 0.2) is 120 Å². The van der Waals surface area contributed by atoms with Crippen LogP contribution in [0.4, 0.5) is 10.7 Å². The van der Waals surface area contributed by atoms with E-state index < -0.39 is 17.1 Å². The first-order valence-corrected chi connectivity index (χ1v) is 19.0. The van der Waals surface area contributed by atoms with Gasteiger partial charge in [-0.05, 0) is 89.8 Å². The molecule has 3 N–H and O–H groups in total. The van der Waals surface area contributed by atoms with E-state index in [1.807, 2.05) is 78.9 Å². The Balaban J connectivity index is 1.24. The molecule has 0 aliphatic heterocycles. The fourth-order valence-corrected chi connectivity index (χ4v) is 8.55. The van der Waals surface area contributed by atoms with Crippen molar-refractivity contribution in [2.24, 2.45) is 5.92 Å². The summed E-state index contributed by atoms with van der Waals surface area (Å²) in [4.78, 5) is 42.9. The lowest BCUT2D eigenvalue weighted by Gasteiger charge is -2.18. The predicted octanol–water partition coefficient (Wildman–Crippen LogP) is 9.75. The molecule has 0 saturated heterocycles. The molecule has 2 unspecified atom stereocenters. The van der Waals surface area contributed by atoms with Crippen molar-refractivity contribution in [3.63, 3.8) is 0 Å². The summed E-state index contributed by atoms with van der Waals surface area (Å²) in [5, 5.41) is 18.9. The van der Waals surface area contributed by atoms with E-state index in [1.165, 1.54) is 33.5 Å². The van der Waals surface area contributed by atoms with Crippen molar-refractivity contribution >= 4 is 57.6 Å². The van der Waals surface area contributed by atoms with Gasteiger partial charge in [0, 0.05) is 21.0 Å². The number of nitrogens with zero attached hydrogens (tertiary/aromatic N) is 1. The number of benzene rings is 4. The third-order valence-electron chi connectivity index (χ3n) is 8.99. The van der Waals surface area contributed by atoms with Gasteiger partial charge in [0.2, 0.25) is 5.91 Å². The van der Waals surface area contributed by atoms with E-state index in [1.54, 1.807) is 36.4 Å². The molecular formula is C43H40N4O3S2. The minimum Gasteiger partial charge on any atom is -0.321 e. The molecule has 7 nitrogen and oxygen atoms in total. The van der Waals surface area contributed by atoms with Crippen LogP contribution in [0.25, 0.3) is 6.08 Å². The van der Waals surface area contributed by atoms with Gasteiger partial charge in [-0.15, -0.1) is 23.1 Å². The Labute approximate surface area is 313 Å². The molecule has 4 aromatic carbocycles. The quantitative estimate of drug-likeness (QED) is 0.0928. The van der Waals surface area contributed by atoms with E-state index in [-0.39, 0.29) is 11.6 Å². The molecule has 0 radical (unpaired) electrons. The first kappa shape index (κ1) is 36.4. The summed E-state index contributed by atoms with van der Waals surface area (Å²) in [5.41, 5.74) is 5.41. The molecule has 262 valence electrons. The van der Waals surface area contributed by atoms with Crippen LogP contribution >= 0.6 is 23.1 Å². The summed E-state index contributed by atoms with van der Waals surface area (Å²) in [7, 11) is 0. The number of hydrogen-bond acceptors (Lipinski definition) is 6. The van der Waals surface area contributed by atoms with Crippen LogP contribution in [0.2, 0.25) is 0 Å². The van der Waals surface area contributed by atoms with Crippen molar-refractivity contribution < 1.29 is 14.4 Å². The lowest BCUT2D eigenvalue weighted by atomic mass is 9.88. The number of nitriles is 1. The lowest BCUT2D eigenvalue weighted by Crippen LogP contribution is -2.30. The minimum absolute atomic E-state index is 0.0899. The van der Waals surface area contributed by atoms with Crippen LogP contribution < -0.4 is 16.0 Å². The second-order valence-electron chi connectivity index (χ2n) is 13.2. The molecule has 0 fully saturated rings. The highest BCUT2D eigenvalue weighted by Crippen LogP contribution is 2.42. The zero-order valence-corrected chi connectivity index (χ0v) is 30.9. The van der Waals surface area contributed by atoms with Crippen LogP contribution in [0, 0.1) is 17.2 Å². The van der Waals surface area contributed by atoms with E-state index in [0.717, 1.165) is 40.8 Å². The van der Waals surface area contributed by atoms with Gasteiger partial charge in [0.15, 0.2) is 0 Å². The third-order valence-corrected chi connectivity index (χ3v) is 11.4. The third kappa shape index (κ3) is 8.89. The van der Waals surface area contributed by atoms with Gasteiger partial charge in [-0.25, -0.2) is 0 Å². The highest BCUT2D eigenvalue weighted by Gasteiger charge is 2.28. The standard InChI is InChI=1S/C43H40N4O3S2/c1-27(2)30-20-18-29(19-21-30)24-37(46-40(48)32-13-8-5-9-14-32)41(49)45-33-15-10-16-34(25-33)51-39(31-11-6-4-7-12-31)42(50)47-43-36(26-44)35-22-17-28(3)23-38(35)52-43/h4-16,18-21,24-25,27-28,39H,17,22-23H2,1-3H3,(H,45,49)(H,46,48)(H,47,50)/b37-24+. The monoisotopic (exact) mass is 724 g/mol. The molecule has 3 amide bonds. The van der Waals surface area contributed by atoms with Gasteiger partial charge < -0.3 is 16.0 Å². The fourth-order valence-electron chi connectivity index (χ4n) is 6.10. The van der Waals surface area contributed by atoms with Gasteiger partial charge >= 0.3 is 0 Å². The van der Waals surface area contributed by atoms with Crippen molar-refractivity contribution in [1.29, 1.82) is 5.26 Å². The largest absolute Gasteiger partial charge is 0.321 e. The first-order valence-electron chi connectivity index (χ1n) is 17.3. The number of nitrogens with one attached hydrogen (secondary N) is 3.